The van der Waals surface area contributed by atoms with Crippen LogP contribution in [0.25, 0.3) is 10.4 Å². The molecule has 0 amide bonds. The number of halogens is 1. The Kier molecular flexibility index (Phi) is 4.59. The average Bonchev–Trinajstić information content (AvgIpc) is 2.78. The topological polar surface area (TPSA) is 166 Å². The van der Waals surface area contributed by atoms with Crippen LogP contribution in [0.5, 0.6) is 0 Å². The number of azide groups is 1. The van der Waals surface area contributed by atoms with Crippen molar-refractivity contribution >= 4 is 5.82 Å². The maximum absolute atomic E-state index is 14.3. The molecule has 1 aromatic heterocycles. The second kappa shape index (κ2) is 6.25. The molecule has 0 saturated carbocycles. The molecule has 1 aliphatic heterocycles. The van der Waals surface area contributed by atoms with Gasteiger partial charge in [0.25, 0.3) is 0 Å². The molecule has 1 aliphatic rings. The van der Waals surface area contributed by atoms with Crippen molar-refractivity contribution in [1.82, 2.24) is 9.55 Å². The molecule has 120 valence electrons. The van der Waals surface area contributed by atoms with Gasteiger partial charge in [0.1, 0.15) is 11.7 Å². The third-order valence-electron chi connectivity index (χ3n) is 3.36. The van der Waals surface area contributed by atoms with E-state index in [1.165, 1.54) is 6.07 Å². The first-order valence-corrected chi connectivity index (χ1v) is 6.10. The van der Waals surface area contributed by atoms with Crippen molar-refractivity contribution in [3.8, 4) is 0 Å². The molecule has 12 heteroatoms. The molecule has 11 nitrogen and oxygen atoms in total. The Morgan fingerprint density at radius 1 is 1.68 bits per heavy atom. The van der Waals surface area contributed by atoms with Crippen LogP contribution in [0.3, 0.4) is 0 Å². The molecule has 1 fully saturated rings. The summed E-state index contributed by atoms with van der Waals surface area (Å²) in [5.74, 6) is -0.155. The Morgan fingerprint density at radius 3 is 2.95 bits per heavy atom. The predicted molar refractivity (Wildman–Crippen MR) is 68.8 cm³/mol. The molecule has 0 bridgehead atoms. The monoisotopic (exact) mass is 316 g/mol. The molecule has 2 heterocycles. The molecule has 0 radical (unpaired) electrons. The van der Waals surface area contributed by atoms with E-state index in [2.05, 4.69) is 15.0 Å². The van der Waals surface area contributed by atoms with Crippen LogP contribution in [0, 0.1) is 0 Å². The van der Waals surface area contributed by atoms with Crippen molar-refractivity contribution in [2.75, 3.05) is 18.6 Å². The minimum atomic E-state index is -2.06. The lowest BCUT2D eigenvalue weighted by molar-refractivity contribution is -0.122. The second-order valence-corrected chi connectivity index (χ2v) is 4.62. The maximum atomic E-state index is 14.3. The van der Waals surface area contributed by atoms with Gasteiger partial charge < -0.3 is 14.9 Å². The molecular weight excluding hydrogens is 303 g/mol. The number of nitrogens with one attached hydrogen (secondary N) is 1. The standard InChI is InChI=1S/C10H13FN6O5/c11-6-7(19)10(4-18,3-13-16-12)22-8(6)17-2-1-5(15-21)14-9(17)20/h1-2,6-8,18-19,21H,3-4H2,(H,14,15,20)/t6-,7+,8-,10-/m1/s1. The maximum Gasteiger partial charge on any atom is 0.351 e. The molecule has 2 rings (SSSR count). The molecule has 0 spiro atoms. The first-order valence-electron chi connectivity index (χ1n) is 6.10. The summed E-state index contributed by atoms with van der Waals surface area (Å²) in [6.07, 6.45) is -4.34. The first-order chi connectivity index (χ1) is 10.5. The average molecular weight is 316 g/mol. The summed E-state index contributed by atoms with van der Waals surface area (Å²) in [5.41, 5.74) is 7.18. The molecule has 0 unspecified atom stereocenters. The third kappa shape index (κ3) is 2.61. The lowest BCUT2D eigenvalue weighted by atomic mass is 9.97. The molecule has 1 aromatic rings. The van der Waals surface area contributed by atoms with Crippen molar-refractivity contribution in [3.05, 3.63) is 33.2 Å². The van der Waals surface area contributed by atoms with Gasteiger partial charge in [-0.2, -0.15) is 4.98 Å². The first kappa shape index (κ1) is 16.1. The fraction of sp³-hybridized carbons (Fsp3) is 0.600. The van der Waals surface area contributed by atoms with E-state index in [-0.39, 0.29) is 5.82 Å². The van der Waals surface area contributed by atoms with Crippen molar-refractivity contribution in [3.63, 3.8) is 0 Å². The molecule has 1 saturated heterocycles. The van der Waals surface area contributed by atoms with Crippen LogP contribution in [-0.4, -0.2) is 56.0 Å². The van der Waals surface area contributed by atoms with Gasteiger partial charge in [0.15, 0.2) is 18.2 Å². The molecule has 0 aromatic carbocycles. The molecule has 4 N–H and O–H groups in total. The number of rotatable bonds is 5. The molecule has 0 aliphatic carbocycles. The van der Waals surface area contributed by atoms with E-state index in [9.17, 15) is 19.4 Å². The zero-order valence-electron chi connectivity index (χ0n) is 11.1. The number of aromatic nitrogens is 2. The molecule has 4 atom stereocenters. The zero-order chi connectivity index (χ0) is 16.3. The fourth-order valence-electron chi connectivity index (χ4n) is 2.16. The Hall–Kier alpha value is -2.24. The van der Waals surface area contributed by atoms with Gasteiger partial charge in [-0.05, 0) is 11.6 Å². The van der Waals surface area contributed by atoms with Gasteiger partial charge in [0, 0.05) is 11.1 Å². The van der Waals surface area contributed by atoms with Crippen LogP contribution in [0.1, 0.15) is 6.23 Å². The largest absolute Gasteiger partial charge is 0.393 e. The predicted octanol–water partition coefficient (Wildman–Crippen LogP) is -0.686. The lowest BCUT2D eigenvalue weighted by Gasteiger charge is -2.27. The van der Waals surface area contributed by atoms with E-state index in [1.807, 2.05) is 0 Å². The summed E-state index contributed by atoms with van der Waals surface area (Å²) in [4.78, 5) is 17.7. The van der Waals surface area contributed by atoms with Gasteiger partial charge >= 0.3 is 5.69 Å². The van der Waals surface area contributed by atoms with Gasteiger partial charge in [-0.1, -0.05) is 5.11 Å². The van der Waals surface area contributed by atoms with Gasteiger partial charge in [-0.3, -0.25) is 15.3 Å². The molecule has 22 heavy (non-hydrogen) atoms. The summed E-state index contributed by atoms with van der Waals surface area (Å²) in [6.45, 7) is -1.33. The van der Waals surface area contributed by atoms with Crippen molar-refractivity contribution in [2.45, 2.75) is 24.1 Å². The van der Waals surface area contributed by atoms with Gasteiger partial charge in [0.2, 0.25) is 0 Å². The highest BCUT2D eigenvalue weighted by molar-refractivity contribution is 5.28. The normalized spacial score (nSPS) is 30.8. The van der Waals surface area contributed by atoms with Crippen molar-refractivity contribution < 1.29 is 24.5 Å². The van der Waals surface area contributed by atoms with Crippen LogP contribution < -0.4 is 11.2 Å². The van der Waals surface area contributed by atoms with Crippen LogP contribution in [0.15, 0.2) is 22.2 Å². The summed E-state index contributed by atoms with van der Waals surface area (Å²) in [7, 11) is 0. The van der Waals surface area contributed by atoms with Crippen LogP contribution in [0.2, 0.25) is 0 Å². The number of ether oxygens (including phenoxy) is 1. The minimum Gasteiger partial charge on any atom is -0.393 e. The highest BCUT2D eigenvalue weighted by Crippen LogP contribution is 2.38. The third-order valence-corrected chi connectivity index (χ3v) is 3.36. The van der Waals surface area contributed by atoms with Crippen molar-refractivity contribution in [1.29, 1.82) is 0 Å². The number of hydrogen-bond donors (Lipinski definition) is 4. The van der Waals surface area contributed by atoms with Gasteiger partial charge in [0.05, 0.1) is 13.2 Å². The van der Waals surface area contributed by atoms with E-state index in [0.717, 1.165) is 10.8 Å². The summed E-state index contributed by atoms with van der Waals surface area (Å²) >= 11 is 0. The summed E-state index contributed by atoms with van der Waals surface area (Å²) in [6, 6.07) is 1.18. The van der Waals surface area contributed by atoms with Crippen LogP contribution in [0.4, 0.5) is 10.2 Å². The SMILES string of the molecule is [N-]=[N+]=NC[C@]1(CO)O[C@@H](n2ccc(NO)nc2=O)[C@H](F)[C@@H]1O. The number of nitrogens with zero attached hydrogens (tertiary/aromatic N) is 5. The van der Waals surface area contributed by atoms with E-state index in [4.69, 9.17) is 15.5 Å². The highest BCUT2D eigenvalue weighted by Gasteiger charge is 2.55. The van der Waals surface area contributed by atoms with Gasteiger partial charge in [-0.15, -0.1) is 0 Å². The smallest absolute Gasteiger partial charge is 0.351 e. The number of anilines is 1. The zero-order valence-corrected chi connectivity index (χ0v) is 11.1. The second-order valence-electron chi connectivity index (χ2n) is 4.62. The Balaban J connectivity index is 2.37. The van der Waals surface area contributed by atoms with Gasteiger partial charge in [-0.25, -0.2) is 9.18 Å². The minimum absolute atomic E-state index is 0.155. The quantitative estimate of drug-likeness (QED) is 0.241. The van der Waals surface area contributed by atoms with E-state index in [0.29, 0.717) is 0 Å². The fourth-order valence-corrected chi connectivity index (χ4v) is 2.16. The Bertz CT molecular complexity index is 649. The molecular formula is C10H13FN6O5. The van der Waals surface area contributed by atoms with Crippen LogP contribution >= 0.6 is 0 Å². The lowest BCUT2D eigenvalue weighted by Crippen LogP contribution is -2.48. The highest BCUT2D eigenvalue weighted by atomic mass is 19.1. The number of aliphatic hydroxyl groups excluding tert-OH is 2. The Labute approximate surface area is 122 Å². The van der Waals surface area contributed by atoms with E-state index < -0.39 is 42.9 Å². The Morgan fingerprint density at radius 2 is 2.41 bits per heavy atom. The van der Waals surface area contributed by atoms with E-state index >= 15 is 0 Å². The summed E-state index contributed by atoms with van der Waals surface area (Å²) in [5, 5.41) is 31.1. The number of aliphatic hydroxyl groups is 2. The van der Waals surface area contributed by atoms with Crippen molar-refractivity contribution in [2.24, 2.45) is 5.11 Å². The summed E-state index contributed by atoms with van der Waals surface area (Å²) < 4.78 is 20.3. The number of hydrogen-bond acceptors (Lipinski definition) is 8. The van der Waals surface area contributed by atoms with E-state index in [1.54, 1.807) is 5.48 Å². The van der Waals surface area contributed by atoms with Crippen LogP contribution in [-0.2, 0) is 4.74 Å². The number of alkyl halides is 1.